The Hall–Kier alpha value is -0.990. The zero-order chi connectivity index (χ0) is 15.0. The second-order valence-corrected chi connectivity index (χ2v) is 5.75. The second kappa shape index (κ2) is 9.04. The van der Waals surface area contributed by atoms with Gasteiger partial charge in [-0.3, -0.25) is 4.79 Å². The van der Waals surface area contributed by atoms with Crippen LogP contribution in [0, 0.1) is 0 Å². The standard InChI is InChI=1S/C16H21Cl2NO/c1-3-4-5-6-12(2)19-16(20)10-8-13-7-9-14(17)11-15(13)18/h7-12H,3-6H2,1-2H3,(H,19,20). The SMILES string of the molecule is CCCCCC(C)NC(=O)C=Cc1ccc(Cl)cc1Cl. The van der Waals surface area contributed by atoms with Gasteiger partial charge in [-0.05, 0) is 37.1 Å². The summed E-state index contributed by atoms with van der Waals surface area (Å²) in [5, 5.41) is 4.07. The zero-order valence-electron chi connectivity index (χ0n) is 12.0. The molecule has 1 atom stereocenters. The molecule has 0 aliphatic carbocycles. The summed E-state index contributed by atoms with van der Waals surface area (Å²) in [4.78, 5) is 11.8. The molecule has 1 rings (SSSR count). The first-order valence-corrected chi connectivity index (χ1v) is 7.72. The van der Waals surface area contributed by atoms with Gasteiger partial charge in [0.2, 0.25) is 5.91 Å². The molecule has 1 amide bonds. The molecule has 0 fully saturated rings. The largest absolute Gasteiger partial charge is 0.350 e. The zero-order valence-corrected chi connectivity index (χ0v) is 13.5. The lowest BCUT2D eigenvalue weighted by atomic mass is 10.1. The second-order valence-electron chi connectivity index (χ2n) is 4.90. The maximum Gasteiger partial charge on any atom is 0.244 e. The number of carbonyl (C=O) groups excluding carboxylic acids is 1. The Kier molecular flexibility index (Phi) is 7.71. The molecule has 4 heteroatoms. The molecule has 0 saturated carbocycles. The number of hydrogen-bond acceptors (Lipinski definition) is 1. The number of unbranched alkanes of at least 4 members (excludes halogenated alkanes) is 2. The van der Waals surface area contributed by atoms with Crippen LogP contribution in [0.5, 0.6) is 0 Å². The predicted molar refractivity (Wildman–Crippen MR) is 87.2 cm³/mol. The summed E-state index contributed by atoms with van der Waals surface area (Å²) in [6.07, 6.45) is 7.75. The molecule has 2 nitrogen and oxygen atoms in total. The van der Waals surface area contributed by atoms with Crippen molar-refractivity contribution >= 4 is 35.2 Å². The highest BCUT2D eigenvalue weighted by atomic mass is 35.5. The van der Waals surface area contributed by atoms with Crippen LogP contribution in [0.4, 0.5) is 0 Å². The summed E-state index contributed by atoms with van der Waals surface area (Å²) >= 11 is 11.9. The van der Waals surface area contributed by atoms with Crippen LogP contribution in [0.15, 0.2) is 24.3 Å². The third kappa shape index (κ3) is 6.44. The molecule has 1 N–H and O–H groups in total. The van der Waals surface area contributed by atoms with Crippen LogP contribution in [-0.2, 0) is 4.79 Å². The quantitative estimate of drug-likeness (QED) is 0.551. The van der Waals surface area contributed by atoms with Gasteiger partial charge in [0.25, 0.3) is 0 Å². The highest BCUT2D eigenvalue weighted by Gasteiger charge is 2.04. The summed E-state index contributed by atoms with van der Waals surface area (Å²) in [5.41, 5.74) is 0.782. The van der Waals surface area contributed by atoms with Crippen molar-refractivity contribution in [1.82, 2.24) is 5.32 Å². The number of hydrogen-bond donors (Lipinski definition) is 1. The van der Waals surface area contributed by atoms with Gasteiger partial charge in [0, 0.05) is 22.2 Å². The minimum absolute atomic E-state index is 0.0972. The van der Waals surface area contributed by atoms with Crippen molar-refractivity contribution in [3.63, 3.8) is 0 Å². The van der Waals surface area contributed by atoms with Gasteiger partial charge in [0.05, 0.1) is 0 Å². The highest BCUT2D eigenvalue weighted by molar-refractivity contribution is 6.35. The van der Waals surface area contributed by atoms with Crippen molar-refractivity contribution in [1.29, 1.82) is 0 Å². The van der Waals surface area contributed by atoms with E-state index in [2.05, 4.69) is 12.2 Å². The Morgan fingerprint density at radius 2 is 2.10 bits per heavy atom. The Bertz CT molecular complexity index is 472. The van der Waals surface area contributed by atoms with Gasteiger partial charge in [-0.25, -0.2) is 0 Å². The maximum absolute atomic E-state index is 11.8. The topological polar surface area (TPSA) is 29.1 Å². The van der Waals surface area contributed by atoms with E-state index in [-0.39, 0.29) is 11.9 Å². The first-order chi connectivity index (χ1) is 9.52. The molecule has 1 aromatic carbocycles. The number of rotatable bonds is 7. The number of benzene rings is 1. The summed E-state index contributed by atoms with van der Waals surface area (Å²) in [6, 6.07) is 5.39. The Labute approximate surface area is 131 Å². The summed E-state index contributed by atoms with van der Waals surface area (Å²) in [7, 11) is 0. The molecule has 0 aliphatic rings. The fourth-order valence-electron chi connectivity index (χ4n) is 1.87. The van der Waals surface area contributed by atoms with E-state index in [1.165, 1.54) is 18.9 Å². The van der Waals surface area contributed by atoms with Gasteiger partial charge in [0.15, 0.2) is 0 Å². The lowest BCUT2D eigenvalue weighted by Crippen LogP contribution is -2.30. The molecule has 0 bridgehead atoms. The van der Waals surface area contributed by atoms with Gasteiger partial charge in [-0.15, -0.1) is 0 Å². The molecule has 1 aromatic rings. The minimum Gasteiger partial charge on any atom is -0.350 e. The molecule has 0 aliphatic heterocycles. The van der Waals surface area contributed by atoms with Gasteiger partial charge >= 0.3 is 0 Å². The molecule has 0 spiro atoms. The fourth-order valence-corrected chi connectivity index (χ4v) is 2.34. The van der Waals surface area contributed by atoms with Crippen LogP contribution in [-0.4, -0.2) is 11.9 Å². The molecule has 1 unspecified atom stereocenters. The Morgan fingerprint density at radius 3 is 2.75 bits per heavy atom. The third-order valence-electron chi connectivity index (χ3n) is 3.01. The van der Waals surface area contributed by atoms with Gasteiger partial charge in [-0.2, -0.15) is 0 Å². The smallest absolute Gasteiger partial charge is 0.244 e. The van der Waals surface area contributed by atoms with Crippen molar-refractivity contribution in [3.05, 3.63) is 39.9 Å². The summed E-state index contributed by atoms with van der Waals surface area (Å²) in [5.74, 6) is -0.0972. The Morgan fingerprint density at radius 1 is 1.35 bits per heavy atom. The van der Waals surface area contributed by atoms with Crippen molar-refractivity contribution in [2.45, 2.75) is 45.6 Å². The molecule has 110 valence electrons. The van der Waals surface area contributed by atoms with Crippen LogP contribution in [0.25, 0.3) is 6.08 Å². The van der Waals surface area contributed by atoms with Crippen molar-refractivity contribution in [2.24, 2.45) is 0 Å². The number of nitrogens with one attached hydrogen (secondary N) is 1. The average Bonchev–Trinajstić information content (AvgIpc) is 2.38. The number of halogens is 2. The van der Waals surface area contributed by atoms with Crippen LogP contribution in [0.3, 0.4) is 0 Å². The predicted octanol–water partition coefficient (Wildman–Crippen LogP) is 5.09. The minimum atomic E-state index is -0.0972. The number of amides is 1. The maximum atomic E-state index is 11.8. The van der Waals surface area contributed by atoms with E-state index >= 15 is 0 Å². The molecular formula is C16H21Cl2NO. The average molecular weight is 314 g/mol. The summed E-state index contributed by atoms with van der Waals surface area (Å²) in [6.45, 7) is 4.19. The third-order valence-corrected chi connectivity index (χ3v) is 3.57. The van der Waals surface area contributed by atoms with Crippen molar-refractivity contribution < 1.29 is 4.79 Å². The molecule has 0 radical (unpaired) electrons. The molecule has 0 heterocycles. The first kappa shape index (κ1) is 17.1. The van der Waals surface area contributed by atoms with E-state index < -0.39 is 0 Å². The van der Waals surface area contributed by atoms with Gasteiger partial charge in [-0.1, -0.05) is 55.5 Å². The van der Waals surface area contributed by atoms with Crippen LogP contribution in [0.1, 0.15) is 45.1 Å². The molecule has 0 aromatic heterocycles. The van der Waals surface area contributed by atoms with E-state index in [0.717, 1.165) is 18.4 Å². The van der Waals surface area contributed by atoms with Crippen LogP contribution in [0.2, 0.25) is 10.0 Å². The van der Waals surface area contributed by atoms with E-state index in [9.17, 15) is 4.79 Å². The van der Waals surface area contributed by atoms with E-state index in [1.807, 2.05) is 6.92 Å². The van der Waals surface area contributed by atoms with Crippen molar-refractivity contribution in [3.8, 4) is 0 Å². The van der Waals surface area contributed by atoms with E-state index in [4.69, 9.17) is 23.2 Å². The van der Waals surface area contributed by atoms with Gasteiger partial charge < -0.3 is 5.32 Å². The monoisotopic (exact) mass is 313 g/mol. The van der Waals surface area contributed by atoms with Gasteiger partial charge in [0.1, 0.15) is 0 Å². The lowest BCUT2D eigenvalue weighted by molar-refractivity contribution is -0.117. The number of carbonyl (C=O) groups is 1. The lowest BCUT2D eigenvalue weighted by Gasteiger charge is -2.11. The van der Waals surface area contributed by atoms with Crippen LogP contribution < -0.4 is 5.32 Å². The first-order valence-electron chi connectivity index (χ1n) is 6.96. The normalized spacial score (nSPS) is 12.6. The van der Waals surface area contributed by atoms with E-state index in [1.54, 1.807) is 24.3 Å². The fraction of sp³-hybridized carbons (Fsp3) is 0.438. The van der Waals surface area contributed by atoms with Crippen molar-refractivity contribution in [2.75, 3.05) is 0 Å². The van der Waals surface area contributed by atoms with E-state index in [0.29, 0.717) is 10.0 Å². The molecule has 20 heavy (non-hydrogen) atoms. The van der Waals surface area contributed by atoms with Crippen LogP contribution >= 0.6 is 23.2 Å². The Balaban J connectivity index is 2.47. The molecular weight excluding hydrogens is 293 g/mol. The highest BCUT2D eigenvalue weighted by Crippen LogP contribution is 2.21. The molecule has 0 saturated heterocycles. The summed E-state index contributed by atoms with van der Waals surface area (Å²) < 4.78 is 0.